The fraction of sp³-hybridized carbons (Fsp3) is 0.571. The van der Waals surface area contributed by atoms with Crippen molar-refractivity contribution in [1.29, 1.82) is 0 Å². The number of hydrogen-bond donors (Lipinski definition) is 2. The van der Waals surface area contributed by atoms with E-state index in [4.69, 9.17) is 9.47 Å². The molecule has 18 heavy (non-hydrogen) atoms. The fourth-order valence-corrected chi connectivity index (χ4v) is 2.04. The Kier molecular flexibility index (Phi) is 5.61. The number of nitrogens with one attached hydrogen (secondary N) is 2. The zero-order valence-corrected chi connectivity index (χ0v) is 11.0. The third kappa shape index (κ3) is 4.07. The molecule has 4 heteroatoms. The predicted octanol–water partition coefficient (Wildman–Crippen LogP) is 1.04. The average Bonchev–Trinajstić information content (AvgIpc) is 2.85. The second-order valence-corrected chi connectivity index (χ2v) is 4.52. The molecule has 0 amide bonds. The maximum atomic E-state index is 5.41. The summed E-state index contributed by atoms with van der Waals surface area (Å²) in [4.78, 5) is 0. The zero-order chi connectivity index (χ0) is 12.6. The van der Waals surface area contributed by atoms with Gasteiger partial charge in [-0.2, -0.15) is 0 Å². The van der Waals surface area contributed by atoms with Gasteiger partial charge in [-0.3, -0.25) is 0 Å². The van der Waals surface area contributed by atoms with E-state index in [9.17, 15) is 0 Å². The maximum Gasteiger partial charge on any atom is 0.0725 e. The summed E-state index contributed by atoms with van der Waals surface area (Å²) >= 11 is 0. The van der Waals surface area contributed by atoms with E-state index >= 15 is 0 Å². The number of rotatable bonds is 8. The molecule has 1 aliphatic rings. The molecule has 0 saturated carbocycles. The highest BCUT2D eigenvalue weighted by atomic mass is 16.5. The van der Waals surface area contributed by atoms with Gasteiger partial charge in [-0.1, -0.05) is 18.2 Å². The summed E-state index contributed by atoms with van der Waals surface area (Å²) in [5.74, 6) is 0. The normalized spacial score (nSPS) is 13.8. The first-order chi connectivity index (χ1) is 8.90. The summed E-state index contributed by atoms with van der Waals surface area (Å²) in [7, 11) is 1.72. The number of methoxy groups -OCH3 is 1. The number of hydrogen-bond acceptors (Lipinski definition) is 4. The van der Waals surface area contributed by atoms with Gasteiger partial charge in [0.2, 0.25) is 0 Å². The molecule has 1 aromatic carbocycles. The molecular formula is C14H22N2O2. The number of ether oxygens (including phenoxy) is 2. The Morgan fingerprint density at radius 1 is 1.11 bits per heavy atom. The van der Waals surface area contributed by atoms with E-state index in [2.05, 4.69) is 28.8 Å². The van der Waals surface area contributed by atoms with Crippen LogP contribution in [0.25, 0.3) is 0 Å². The Bertz CT molecular complexity index is 369. The molecule has 2 rings (SSSR count). The summed E-state index contributed by atoms with van der Waals surface area (Å²) in [6.45, 7) is 6.07. The van der Waals surface area contributed by atoms with Crippen LogP contribution < -0.4 is 10.6 Å². The number of benzene rings is 1. The minimum atomic E-state index is 0.766. The summed E-state index contributed by atoms with van der Waals surface area (Å²) in [5, 5.41) is 6.73. The van der Waals surface area contributed by atoms with E-state index in [-0.39, 0.29) is 0 Å². The molecule has 0 aliphatic carbocycles. The van der Waals surface area contributed by atoms with Crippen molar-refractivity contribution in [3.05, 3.63) is 34.9 Å². The molecule has 0 fully saturated rings. The first kappa shape index (κ1) is 13.5. The zero-order valence-electron chi connectivity index (χ0n) is 11.0. The van der Waals surface area contributed by atoms with Gasteiger partial charge in [-0.05, 0) is 16.7 Å². The van der Waals surface area contributed by atoms with Crippen LogP contribution in [-0.2, 0) is 29.2 Å². The summed E-state index contributed by atoms with van der Waals surface area (Å²) in [6.07, 6.45) is 0. The molecule has 0 spiro atoms. The van der Waals surface area contributed by atoms with Gasteiger partial charge in [0, 0.05) is 33.3 Å². The van der Waals surface area contributed by atoms with Gasteiger partial charge in [0.1, 0.15) is 0 Å². The van der Waals surface area contributed by atoms with E-state index in [0.29, 0.717) is 0 Å². The maximum absolute atomic E-state index is 5.41. The first-order valence-electron chi connectivity index (χ1n) is 6.49. The molecule has 0 unspecified atom stereocenters. The van der Waals surface area contributed by atoms with Crippen LogP contribution in [0.5, 0.6) is 0 Å². The van der Waals surface area contributed by atoms with Crippen molar-refractivity contribution >= 4 is 0 Å². The fourth-order valence-electron chi connectivity index (χ4n) is 2.04. The Morgan fingerprint density at radius 3 is 2.83 bits per heavy atom. The molecule has 100 valence electrons. The molecule has 0 atom stereocenters. The highest BCUT2D eigenvalue weighted by molar-refractivity contribution is 5.33. The molecule has 0 bridgehead atoms. The van der Waals surface area contributed by atoms with Gasteiger partial charge in [0.15, 0.2) is 0 Å². The van der Waals surface area contributed by atoms with Crippen molar-refractivity contribution in [2.75, 3.05) is 33.4 Å². The minimum absolute atomic E-state index is 0.766. The van der Waals surface area contributed by atoms with Crippen LogP contribution in [-0.4, -0.2) is 33.4 Å². The second-order valence-electron chi connectivity index (χ2n) is 4.52. The topological polar surface area (TPSA) is 42.5 Å². The van der Waals surface area contributed by atoms with Crippen molar-refractivity contribution in [3.8, 4) is 0 Å². The Morgan fingerprint density at radius 2 is 1.94 bits per heavy atom. The van der Waals surface area contributed by atoms with Crippen LogP contribution in [0, 0.1) is 0 Å². The van der Waals surface area contributed by atoms with E-state index < -0.39 is 0 Å². The van der Waals surface area contributed by atoms with Crippen LogP contribution in [0.2, 0.25) is 0 Å². The van der Waals surface area contributed by atoms with Gasteiger partial charge in [0.05, 0.1) is 19.8 Å². The molecule has 0 saturated heterocycles. The average molecular weight is 250 g/mol. The van der Waals surface area contributed by atoms with Gasteiger partial charge >= 0.3 is 0 Å². The van der Waals surface area contributed by atoms with Crippen LogP contribution >= 0.6 is 0 Å². The third-order valence-electron chi connectivity index (χ3n) is 3.08. The van der Waals surface area contributed by atoms with E-state index in [0.717, 1.165) is 46.0 Å². The van der Waals surface area contributed by atoms with Crippen molar-refractivity contribution in [2.24, 2.45) is 0 Å². The lowest BCUT2D eigenvalue weighted by Gasteiger charge is -2.07. The van der Waals surface area contributed by atoms with Gasteiger partial charge in [-0.25, -0.2) is 0 Å². The molecular weight excluding hydrogens is 228 g/mol. The van der Waals surface area contributed by atoms with Gasteiger partial charge in [0.25, 0.3) is 0 Å². The largest absolute Gasteiger partial charge is 0.383 e. The lowest BCUT2D eigenvalue weighted by molar-refractivity contribution is 0.134. The lowest BCUT2D eigenvalue weighted by Crippen LogP contribution is -2.29. The van der Waals surface area contributed by atoms with Gasteiger partial charge < -0.3 is 20.1 Å². The van der Waals surface area contributed by atoms with Crippen molar-refractivity contribution in [3.63, 3.8) is 0 Å². The Balaban J connectivity index is 1.62. The number of fused-ring (bicyclic) bond motifs is 1. The van der Waals surface area contributed by atoms with Crippen LogP contribution in [0.4, 0.5) is 0 Å². The van der Waals surface area contributed by atoms with Crippen LogP contribution in [0.1, 0.15) is 16.7 Å². The summed E-state index contributed by atoms with van der Waals surface area (Å²) in [5.41, 5.74) is 4.00. The van der Waals surface area contributed by atoms with E-state index in [1.54, 1.807) is 7.11 Å². The smallest absolute Gasteiger partial charge is 0.0725 e. The van der Waals surface area contributed by atoms with Crippen molar-refractivity contribution in [1.82, 2.24) is 10.6 Å². The summed E-state index contributed by atoms with van der Waals surface area (Å²) in [6, 6.07) is 6.60. The first-order valence-corrected chi connectivity index (χ1v) is 6.49. The van der Waals surface area contributed by atoms with Crippen molar-refractivity contribution in [2.45, 2.75) is 19.8 Å². The molecule has 1 heterocycles. The van der Waals surface area contributed by atoms with Crippen LogP contribution in [0.15, 0.2) is 18.2 Å². The van der Waals surface area contributed by atoms with Crippen LogP contribution in [0.3, 0.4) is 0 Å². The molecule has 4 nitrogen and oxygen atoms in total. The monoisotopic (exact) mass is 250 g/mol. The van der Waals surface area contributed by atoms with E-state index in [1.165, 1.54) is 16.7 Å². The van der Waals surface area contributed by atoms with Gasteiger partial charge in [-0.15, -0.1) is 0 Å². The minimum Gasteiger partial charge on any atom is -0.383 e. The Labute approximate surface area is 109 Å². The molecule has 2 N–H and O–H groups in total. The molecule has 0 radical (unpaired) electrons. The summed E-state index contributed by atoms with van der Waals surface area (Å²) < 4.78 is 10.4. The second kappa shape index (κ2) is 7.48. The SMILES string of the molecule is COCCNCCNCc1ccc2c(c1)COC2. The third-order valence-corrected chi connectivity index (χ3v) is 3.08. The predicted molar refractivity (Wildman–Crippen MR) is 71.4 cm³/mol. The molecule has 1 aromatic rings. The van der Waals surface area contributed by atoms with E-state index in [1.807, 2.05) is 0 Å². The standard InChI is InChI=1S/C14H22N2O2/c1-17-7-6-15-4-5-16-9-12-2-3-13-10-18-11-14(13)8-12/h2-3,8,15-16H,4-7,9-11H2,1H3. The lowest BCUT2D eigenvalue weighted by atomic mass is 10.1. The quantitative estimate of drug-likeness (QED) is 0.677. The molecule has 0 aromatic heterocycles. The Hall–Kier alpha value is -0.940. The molecule has 1 aliphatic heterocycles. The highest BCUT2D eigenvalue weighted by Crippen LogP contribution is 2.20. The van der Waals surface area contributed by atoms with Crippen molar-refractivity contribution < 1.29 is 9.47 Å². The highest BCUT2D eigenvalue weighted by Gasteiger charge is 2.10.